The highest BCUT2D eigenvalue weighted by molar-refractivity contribution is 7.92. The summed E-state index contributed by atoms with van der Waals surface area (Å²) >= 11 is 5.90. The van der Waals surface area contributed by atoms with Crippen molar-refractivity contribution in [1.82, 2.24) is 4.98 Å². The molecule has 0 radical (unpaired) electrons. The number of sulfonamides is 1. The largest absolute Gasteiger partial charge is 0.399 e. The number of hydrogen-bond acceptors (Lipinski definition) is 5. The van der Waals surface area contributed by atoms with E-state index in [-0.39, 0.29) is 21.3 Å². The van der Waals surface area contributed by atoms with Crippen molar-refractivity contribution in [3.05, 3.63) is 47.2 Å². The highest BCUT2D eigenvalue weighted by Gasteiger charge is 2.16. The van der Waals surface area contributed by atoms with Gasteiger partial charge in [-0.1, -0.05) is 11.6 Å². The minimum atomic E-state index is -3.84. The minimum Gasteiger partial charge on any atom is -0.399 e. The van der Waals surface area contributed by atoms with Gasteiger partial charge < -0.3 is 5.73 Å². The van der Waals surface area contributed by atoms with E-state index in [0.29, 0.717) is 5.69 Å². The van der Waals surface area contributed by atoms with Crippen LogP contribution in [0.3, 0.4) is 0 Å². The third-order valence-corrected chi connectivity index (χ3v) is 4.08. The third-order valence-electron chi connectivity index (χ3n) is 2.40. The summed E-state index contributed by atoms with van der Waals surface area (Å²) in [4.78, 5) is 3.63. The zero-order valence-electron chi connectivity index (χ0n) is 10.0. The second kappa shape index (κ2) is 5.36. The van der Waals surface area contributed by atoms with E-state index in [0.717, 1.165) is 6.20 Å². The molecule has 0 amide bonds. The Morgan fingerprint density at radius 2 is 2.05 bits per heavy atom. The molecule has 3 N–H and O–H groups in total. The van der Waals surface area contributed by atoms with Crippen LogP contribution in [0, 0.1) is 11.3 Å². The van der Waals surface area contributed by atoms with Crippen molar-refractivity contribution in [2.45, 2.75) is 4.90 Å². The van der Waals surface area contributed by atoms with Gasteiger partial charge in [-0.3, -0.25) is 4.72 Å². The van der Waals surface area contributed by atoms with Gasteiger partial charge in [0.25, 0.3) is 10.0 Å². The van der Waals surface area contributed by atoms with Crippen LogP contribution in [-0.2, 0) is 10.0 Å². The first kappa shape index (κ1) is 14.1. The van der Waals surface area contributed by atoms with E-state index in [2.05, 4.69) is 9.71 Å². The van der Waals surface area contributed by atoms with Gasteiger partial charge in [0.1, 0.15) is 16.7 Å². The van der Waals surface area contributed by atoms with Crippen molar-refractivity contribution in [3.8, 4) is 6.07 Å². The van der Waals surface area contributed by atoms with Gasteiger partial charge in [0.05, 0.1) is 10.7 Å². The summed E-state index contributed by atoms with van der Waals surface area (Å²) < 4.78 is 26.6. The average molecular weight is 309 g/mol. The number of nitrogens with two attached hydrogens (primary N) is 1. The highest BCUT2D eigenvalue weighted by Crippen LogP contribution is 2.26. The Morgan fingerprint density at radius 1 is 1.30 bits per heavy atom. The summed E-state index contributed by atoms with van der Waals surface area (Å²) in [6.45, 7) is 0. The van der Waals surface area contributed by atoms with E-state index in [9.17, 15) is 8.42 Å². The van der Waals surface area contributed by atoms with Crippen LogP contribution < -0.4 is 10.5 Å². The molecule has 0 aliphatic carbocycles. The fourth-order valence-corrected chi connectivity index (χ4v) is 2.67. The number of benzene rings is 1. The predicted molar refractivity (Wildman–Crippen MR) is 75.6 cm³/mol. The molecule has 0 spiro atoms. The van der Waals surface area contributed by atoms with Gasteiger partial charge in [-0.25, -0.2) is 13.4 Å². The summed E-state index contributed by atoms with van der Waals surface area (Å²) in [7, 11) is -3.84. The predicted octanol–water partition coefficient (Wildman–Crippen LogP) is 1.99. The van der Waals surface area contributed by atoms with E-state index < -0.39 is 10.0 Å². The van der Waals surface area contributed by atoms with Crippen molar-refractivity contribution < 1.29 is 8.42 Å². The van der Waals surface area contributed by atoms with E-state index >= 15 is 0 Å². The van der Waals surface area contributed by atoms with Crippen molar-refractivity contribution >= 4 is 33.0 Å². The number of hydrogen-bond donors (Lipinski definition) is 2. The van der Waals surface area contributed by atoms with Gasteiger partial charge in [0.15, 0.2) is 0 Å². The standard InChI is InChI=1S/C12H9ClN4O2S/c13-11-4-1-8(15)5-12(11)17-20(18,19)10-3-2-9(6-14)16-7-10/h1-5,7,17H,15H2. The number of nitrogens with one attached hydrogen (secondary N) is 1. The lowest BCUT2D eigenvalue weighted by atomic mass is 10.3. The number of nitriles is 1. The maximum absolute atomic E-state index is 12.1. The number of pyridine rings is 1. The van der Waals surface area contributed by atoms with E-state index in [1.165, 1.54) is 24.3 Å². The number of nitrogen functional groups attached to an aromatic ring is 1. The quantitative estimate of drug-likeness (QED) is 0.843. The van der Waals surface area contributed by atoms with Gasteiger partial charge in [0.2, 0.25) is 0 Å². The average Bonchev–Trinajstić information content (AvgIpc) is 2.43. The first-order chi connectivity index (χ1) is 9.42. The van der Waals surface area contributed by atoms with Crippen LogP contribution in [0.15, 0.2) is 41.4 Å². The molecule has 1 aromatic heterocycles. The van der Waals surface area contributed by atoms with Crippen LogP contribution in [0.25, 0.3) is 0 Å². The summed E-state index contributed by atoms with van der Waals surface area (Å²) in [5.74, 6) is 0. The highest BCUT2D eigenvalue weighted by atomic mass is 35.5. The normalized spacial score (nSPS) is 10.8. The first-order valence-corrected chi connectivity index (χ1v) is 7.22. The summed E-state index contributed by atoms with van der Waals surface area (Å²) in [6.07, 6.45) is 1.10. The number of rotatable bonds is 3. The topological polar surface area (TPSA) is 109 Å². The van der Waals surface area contributed by atoms with E-state index in [1.54, 1.807) is 6.07 Å². The fraction of sp³-hybridized carbons (Fsp3) is 0. The zero-order chi connectivity index (χ0) is 14.8. The number of nitrogens with zero attached hydrogens (tertiary/aromatic N) is 2. The fourth-order valence-electron chi connectivity index (χ4n) is 1.43. The molecule has 102 valence electrons. The maximum Gasteiger partial charge on any atom is 0.263 e. The molecule has 1 aromatic carbocycles. The number of anilines is 2. The molecule has 8 heteroatoms. The Balaban J connectivity index is 2.35. The Morgan fingerprint density at radius 3 is 2.65 bits per heavy atom. The van der Waals surface area contributed by atoms with Crippen LogP contribution in [0.4, 0.5) is 11.4 Å². The molecule has 2 aromatic rings. The molecule has 6 nitrogen and oxygen atoms in total. The molecule has 0 atom stereocenters. The van der Waals surface area contributed by atoms with Crippen molar-refractivity contribution in [1.29, 1.82) is 5.26 Å². The molecule has 0 unspecified atom stereocenters. The summed E-state index contributed by atoms with van der Waals surface area (Å²) in [5.41, 5.74) is 6.27. The van der Waals surface area contributed by atoms with Crippen LogP contribution in [0.2, 0.25) is 5.02 Å². The molecular formula is C12H9ClN4O2S. The Labute approximate surface area is 120 Å². The molecule has 0 saturated carbocycles. The van der Waals surface area contributed by atoms with Gasteiger partial charge in [-0.05, 0) is 30.3 Å². The van der Waals surface area contributed by atoms with Crippen molar-refractivity contribution in [2.24, 2.45) is 0 Å². The van der Waals surface area contributed by atoms with Gasteiger partial charge in [-0.2, -0.15) is 5.26 Å². The molecule has 0 saturated heterocycles. The van der Waals surface area contributed by atoms with Gasteiger partial charge in [-0.15, -0.1) is 0 Å². The van der Waals surface area contributed by atoms with Crippen LogP contribution >= 0.6 is 11.6 Å². The van der Waals surface area contributed by atoms with E-state index in [1.807, 2.05) is 6.07 Å². The minimum absolute atomic E-state index is 0.0741. The lowest BCUT2D eigenvalue weighted by Gasteiger charge is -2.10. The Hall–Kier alpha value is -2.30. The lowest BCUT2D eigenvalue weighted by Crippen LogP contribution is -2.13. The maximum atomic E-state index is 12.1. The first-order valence-electron chi connectivity index (χ1n) is 5.36. The van der Waals surface area contributed by atoms with Gasteiger partial charge in [0, 0.05) is 11.9 Å². The molecule has 20 heavy (non-hydrogen) atoms. The number of halogens is 1. The summed E-state index contributed by atoms with van der Waals surface area (Å²) in [6, 6.07) is 8.87. The molecule has 0 fully saturated rings. The van der Waals surface area contributed by atoms with Crippen molar-refractivity contribution in [2.75, 3.05) is 10.5 Å². The smallest absolute Gasteiger partial charge is 0.263 e. The molecule has 0 aliphatic rings. The number of aromatic nitrogens is 1. The van der Waals surface area contributed by atoms with Crippen LogP contribution in [0.1, 0.15) is 5.69 Å². The van der Waals surface area contributed by atoms with Crippen molar-refractivity contribution in [3.63, 3.8) is 0 Å². The van der Waals surface area contributed by atoms with Crippen LogP contribution in [0.5, 0.6) is 0 Å². The Bertz CT molecular complexity index is 782. The molecule has 0 bridgehead atoms. The molecule has 2 rings (SSSR count). The summed E-state index contributed by atoms with van der Waals surface area (Å²) in [5, 5.41) is 8.85. The molecule has 0 aliphatic heterocycles. The monoisotopic (exact) mass is 308 g/mol. The Kier molecular flexibility index (Phi) is 3.79. The second-order valence-electron chi connectivity index (χ2n) is 3.84. The van der Waals surface area contributed by atoms with Gasteiger partial charge >= 0.3 is 0 Å². The third kappa shape index (κ3) is 2.99. The zero-order valence-corrected chi connectivity index (χ0v) is 11.6. The van der Waals surface area contributed by atoms with Crippen LogP contribution in [-0.4, -0.2) is 13.4 Å². The molecular weight excluding hydrogens is 300 g/mol. The van der Waals surface area contributed by atoms with E-state index in [4.69, 9.17) is 22.6 Å². The SMILES string of the molecule is N#Cc1ccc(S(=O)(=O)Nc2cc(N)ccc2Cl)cn1. The molecule has 1 heterocycles. The second-order valence-corrected chi connectivity index (χ2v) is 5.93. The lowest BCUT2D eigenvalue weighted by molar-refractivity contribution is 0.601.